The Kier molecular flexibility index (Phi) is 4.93. The SMILES string of the molecule is [CH]CC(=O)CC(C(=O)C[CH])S(=O)(=O)O. The maximum Gasteiger partial charge on any atom is 0.275 e. The highest BCUT2D eigenvalue weighted by atomic mass is 32.2. The Hall–Kier alpha value is -0.750. The number of carbonyl (C=O) groups is 2. The van der Waals surface area contributed by atoms with Crippen LogP contribution in [0, 0.1) is 13.8 Å². The van der Waals surface area contributed by atoms with Gasteiger partial charge in [-0.25, -0.2) is 0 Å². The molecule has 0 heterocycles. The second-order valence-corrected chi connectivity index (χ2v) is 4.22. The topological polar surface area (TPSA) is 88.5 Å². The van der Waals surface area contributed by atoms with Crippen molar-refractivity contribution < 1.29 is 22.6 Å². The van der Waals surface area contributed by atoms with Gasteiger partial charge < -0.3 is 0 Å². The van der Waals surface area contributed by atoms with Crippen molar-refractivity contribution in [2.75, 3.05) is 0 Å². The Labute approximate surface area is 83.2 Å². The first-order chi connectivity index (χ1) is 6.32. The Bertz CT molecular complexity index is 317. The molecule has 0 saturated carbocycles. The number of carbonyl (C=O) groups excluding carboxylic acids is 2. The zero-order valence-corrected chi connectivity index (χ0v) is 8.16. The van der Waals surface area contributed by atoms with E-state index in [1.807, 2.05) is 0 Å². The van der Waals surface area contributed by atoms with E-state index in [-0.39, 0.29) is 6.42 Å². The molecule has 0 aliphatic rings. The maximum atomic E-state index is 11.0. The van der Waals surface area contributed by atoms with Crippen molar-refractivity contribution in [3.8, 4) is 0 Å². The number of hydrogen-bond donors (Lipinski definition) is 1. The van der Waals surface area contributed by atoms with Crippen molar-refractivity contribution in [1.29, 1.82) is 0 Å². The van der Waals surface area contributed by atoms with E-state index in [1.165, 1.54) is 0 Å². The molecule has 78 valence electrons. The zero-order chi connectivity index (χ0) is 11.4. The summed E-state index contributed by atoms with van der Waals surface area (Å²) >= 11 is 0. The van der Waals surface area contributed by atoms with Gasteiger partial charge in [0.15, 0.2) is 11.0 Å². The van der Waals surface area contributed by atoms with Gasteiger partial charge in [-0.1, -0.05) is 0 Å². The van der Waals surface area contributed by atoms with Gasteiger partial charge in [-0.05, 0) is 13.8 Å². The molecule has 1 atom stereocenters. The minimum absolute atomic E-state index is 0.385. The lowest BCUT2D eigenvalue weighted by Gasteiger charge is -2.09. The lowest BCUT2D eigenvalue weighted by molar-refractivity contribution is -0.123. The summed E-state index contributed by atoms with van der Waals surface area (Å²) in [5.74, 6) is -1.54. The predicted molar refractivity (Wildman–Crippen MR) is 47.8 cm³/mol. The third-order valence-corrected chi connectivity index (χ3v) is 2.71. The van der Waals surface area contributed by atoms with Crippen molar-refractivity contribution in [2.45, 2.75) is 24.5 Å². The summed E-state index contributed by atoms with van der Waals surface area (Å²) in [6.07, 6.45) is -1.57. The molecule has 0 saturated heterocycles. The van der Waals surface area contributed by atoms with Crippen LogP contribution < -0.4 is 0 Å². The lowest BCUT2D eigenvalue weighted by Crippen LogP contribution is -2.31. The van der Waals surface area contributed by atoms with Gasteiger partial charge >= 0.3 is 0 Å². The van der Waals surface area contributed by atoms with Crippen LogP contribution in [0.2, 0.25) is 0 Å². The second kappa shape index (κ2) is 5.21. The van der Waals surface area contributed by atoms with E-state index in [9.17, 15) is 18.0 Å². The van der Waals surface area contributed by atoms with E-state index in [1.54, 1.807) is 0 Å². The summed E-state index contributed by atoms with van der Waals surface area (Å²) in [6.45, 7) is 9.86. The van der Waals surface area contributed by atoms with Crippen LogP contribution in [0.3, 0.4) is 0 Å². The third-order valence-electron chi connectivity index (χ3n) is 1.56. The monoisotopic (exact) mass is 218 g/mol. The molecular weight excluding hydrogens is 208 g/mol. The summed E-state index contributed by atoms with van der Waals surface area (Å²) < 4.78 is 30.0. The number of Topliss-reactive ketones (excluding diaryl/α,β-unsaturated/α-hetero) is 2. The number of hydrogen-bond acceptors (Lipinski definition) is 4. The van der Waals surface area contributed by atoms with E-state index >= 15 is 0 Å². The largest absolute Gasteiger partial charge is 0.300 e. The first-order valence-electron chi connectivity index (χ1n) is 3.73. The van der Waals surface area contributed by atoms with Crippen LogP contribution in [-0.2, 0) is 19.7 Å². The molecule has 1 N–H and O–H groups in total. The molecule has 0 aromatic heterocycles. The van der Waals surface area contributed by atoms with E-state index in [0.29, 0.717) is 0 Å². The van der Waals surface area contributed by atoms with E-state index in [0.717, 1.165) is 0 Å². The van der Waals surface area contributed by atoms with Crippen LogP contribution in [0.15, 0.2) is 0 Å². The summed E-state index contributed by atoms with van der Waals surface area (Å²) in [5.41, 5.74) is 0. The molecule has 0 amide bonds. The van der Waals surface area contributed by atoms with Crippen LogP contribution in [0.5, 0.6) is 0 Å². The molecule has 0 spiro atoms. The van der Waals surface area contributed by atoms with Crippen molar-refractivity contribution >= 4 is 21.7 Å². The first-order valence-corrected chi connectivity index (χ1v) is 5.24. The molecule has 0 aliphatic carbocycles. The molecule has 0 aliphatic heterocycles. The predicted octanol–water partition coefficient (Wildman–Crippen LogP) is -0.0265. The minimum atomic E-state index is -4.59. The first kappa shape index (κ1) is 13.2. The standard InChI is InChI=1S/C8H10O5S/c1-3-6(9)5-8(7(10)4-2)14(11,12)13/h1-2,8H,3-5H2,(H,11,12,13). The Morgan fingerprint density at radius 2 is 1.71 bits per heavy atom. The molecule has 6 heteroatoms. The van der Waals surface area contributed by atoms with Gasteiger partial charge in [0.05, 0.1) is 0 Å². The van der Waals surface area contributed by atoms with Crippen molar-refractivity contribution in [1.82, 2.24) is 0 Å². The third kappa shape index (κ3) is 3.97. The molecule has 0 rings (SSSR count). The Morgan fingerprint density at radius 1 is 1.21 bits per heavy atom. The molecule has 14 heavy (non-hydrogen) atoms. The maximum absolute atomic E-state index is 11.0. The Balaban J connectivity index is 4.76. The molecule has 0 aromatic rings. The molecule has 0 bridgehead atoms. The molecule has 4 radical (unpaired) electrons. The molecule has 1 unspecified atom stereocenters. The number of rotatable bonds is 6. The second-order valence-electron chi connectivity index (χ2n) is 2.62. The van der Waals surface area contributed by atoms with E-state index in [4.69, 9.17) is 18.4 Å². The van der Waals surface area contributed by atoms with Gasteiger partial charge in [0.2, 0.25) is 0 Å². The van der Waals surface area contributed by atoms with Gasteiger partial charge in [0.1, 0.15) is 5.78 Å². The van der Waals surface area contributed by atoms with Gasteiger partial charge in [0.25, 0.3) is 10.1 Å². The highest BCUT2D eigenvalue weighted by Crippen LogP contribution is 2.09. The van der Waals surface area contributed by atoms with E-state index in [2.05, 4.69) is 0 Å². The quantitative estimate of drug-likeness (QED) is 0.632. The summed E-state index contributed by atoms with van der Waals surface area (Å²) in [5, 5.41) is -1.79. The summed E-state index contributed by atoms with van der Waals surface area (Å²) in [7, 11) is -4.59. The van der Waals surface area contributed by atoms with Crippen molar-refractivity contribution in [3.63, 3.8) is 0 Å². The van der Waals surface area contributed by atoms with Crippen LogP contribution in [0.1, 0.15) is 19.3 Å². The lowest BCUT2D eigenvalue weighted by atomic mass is 10.1. The van der Waals surface area contributed by atoms with Crippen LogP contribution in [0.25, 0.3) is 0 Å². The van der Waals surface area contributed by atoms with Gasteiger partial charge in [-0.3, -0.25) is 14.1 Å². The fourth-order valence-electron chi connectivity index (χ4n) is 0.807. The fourth-order valence-corrected chi connectivity index (χ4v) is 1.63. The van der Waals surface area contributed by atoms with Gasteiger partial charge in [-0.15, -0.1) is 0 Å². The summed E-state index contributed by atoms with van der Waals surface area (Å²) in [4.78, 5) is 21.7. The smallest absolute Gasteiger partial charge is 0.275 e. The average Bonchev–Trinajstić information content (AvgIpc) is 2.10. The minimum Gasteiger partial charge on any atom is -0.300 e. The molecule has 5 nitrogen and oxygen atoms in total. The van der Waals surface area contributed by atoms with Crippen molar-refractivity contribution in [3.05, 3.63) is 13.8 Å². The summed E-state index contributed by atoms with van der Waals surface area (Å²) in [6, 6.07) is 0. The average molecular weight is 218 g/mol. The zero-order valence-electron chi connectivity index (χ0n) is 7.34. The van der Waals surface area contributed by atoms with Crippen LogP contribution in [-0.4, -0.2) is 29.8 Å². The fraction of sp³-hybridized carbons (Fsp3) is 0.500. The van der Waals surface area contributed by atoms with Gasteiger partial charge in [-0.2, -0.15) is 8.42 Å². The van der Waals surface area contributed by atoms with Crippen LogP contribution in [0.4, 0.5) is 0 Å². The van der Waals surface area contributed by atoms with Gasteiger partial charge in [0, 0.05) is 19.3 Å². The molecule has 0 aromatic carbocycles. The van der Waals surface area contributed by atoms with Crippen molar-refractivity contribution in [2.24, 2.45) is 0 Å². The highest BCUT2D eigenvalue weighted by Gasteiger charge is 2.31. The molecular formula is C8H10O5S. The van der Waals surface area contributed by atoms with Crippen LogP contribution >= 0.6 is 0 Å². The highest BCUT2D eigenvalue weighted by molar-refractivity contribution is 7.87. The van der Waals surface area contributed by atoms with E-state index < -0.39 is 39.8 Å². The normalized spacial score (nSPS) is 13.6. The number of ketones is 2. The Morgan fingerprint density at radius 3 is 2.00 bits per heavy atom. The molecule has 0 fully saturated rings.